The standard InChI is InChI=1S/C23H23N3O3/c1-16-14-25(15-24-16)23(3,19-12-8-5-9-13-19)21(27)26-17(2)20(29-22(26)28)18-10-6-4-7-11-18/h4-15,17,20H,1-3H3. The van der Waals surface area contributed by atoms with Gasteiger partial charge < -0.3 is 9.30 Å². The van der Waals surface area contributed by atoms with Gasteiger partial charge in [0.05, 0.1) is 18.1 Å². The summed E-state index contributed by atoms with van der Waals surface area (Å²) >= 11 is 0. The number of aromatic nitrogens is 2. The number of ether oxygens (including phenoxy) is 1. The molecule has 1 aliphatic rings. The van der Waals surface area contributed by atoms with Crippen LogP contribution in [-0.2, 0) is 15.1 Å². The zero-order valence-corrected chi connectivity index (χ0v) is 16.6. The van der Waals surface area contributed by atoms with Crippen LogP contribution in [0.4, 0.5) is 4.79 Å². The van der Waals surface area contributed by atoms with Crippen LogP contribution in [0.15, 0.2) is 73.2 Å². The van der Waals surface area contributed by atoms with E-state index in [1.54, 1.807) is 10.9 Å². The lowest BCUT2D eigenvalue weighted by molar-refractivity contribution is -0.135. The Kier molecular flexibility index (Phi) is 4.70. The largest absolute Gasteiger partial charge is 0.439 e. The van der Waals surface area contributed by atoms with Crippen LogP contribution in [0.5, 0.6) is 0 Å². The van der Waals surface area contributed by atoms with E-state index in [0.29, 0.717) is 0 Å². The molecule has 1 saturated heterocycles. The van der Waals surface area contributed by atoms with E-state index in [-0.39, 0.29) is 5.91 Å². The zero-order valence-electron chi connectivity index (χ0n) is 16.6. The van der Waals surface area contributed by atoms with Gasteiger partial charge in [-0.25, -0.2) is 14.7 Å². The number of benzene rings is 2. The molecule has 0 spiro atoms. The minimum atomic E-state index is -1.14. The lowest BCUT2D eigenvalue weighted by Gasteiger charge is -2.34. The second-order valence-electron chi connectivity index (χ2n) is 7.49. The van der Waals surface area contributed by atoms with E-state index in [0.717, 1.165) is 16.8 Å². The van der Waals surface area contributed by atoms with Gasteiger partial charge in [-0.2, -0.15) is 0 Å². The lowest BCUT2D eigenvalue weighted by atomic mass is 9.89. The van der Waals surface area contributed by atoms with E-state index >= 15 is 0 Å². The molecule has 0 radical (unpaired) electrons. The summed E-state index contributed by atoms with van der Waals surface area (Å²) < 4.78 is 7.37. The van der Waals surface area contributed by atoms with E-state index < -0.39 is 23.8 Å². The molecule has 1 aromatic heterocycles. The molecule has 148 valence electrons. The molecule has 0 N–H and O–H groups in total. The Morgan fingerprint density at radius 1 is 1.07 bits per heavy atom. The third-order valence-corrected chi connectivity index (χ3v) is 5.60. The number of aryl methyl sites for hydroxylation is 1. The Morgan fingerprint density at radius 2 is 1.69 bits per heavy atom. The van der Waals surface area contributed by atoms with Crippen molar-refractivity contribution in [3.05, 3.63) is 90.0 Å². The summed E-state index contributed by atoms with van der Waals surface area (Å²) in [5, 5.41) is 0. The molecule has 6 heteroatoms. The summed E-state index contributed by atoms with van der Waals surface area (Å²) in [6.07, 6.45) is 2.31. The predicted octanol–water partition coefficient (Wildman–Crippen LogP) is 4.06. The highest BCUT2D eigenvalue weighted by Gasteiger charge is 2.50. The number of imidazole rings is 1. The number of amides is 2. The number of nitrogens with zero attached hydrogens (tertiary/aromatic N) is 3. The van der Waals surface area contributed by atoms with Gasteiger partial charge in [0, 0.05) is 6.20 Å². The molecule has 3 unspecified atom stereocenters. The highest BCUT2D eigenvalue weighted by atomic mass is 16.6. The maximum absolute atomic E-state index is 13.9. The van der Waals surface area contributed by atoms with Crippen molar-refractivity contribution in [2.75, 3.05) is 0 Å². The monoisotopic (exact) mass is 389 g/mol. The molecular formula is C23H23N3O3. The Morgan fingerprint density at radius 3 is 2.28 bits per heavy atom. The summed E-state index contributed by atoms with van der Waals surface area (Å²) in [6, 6.07) is 18.5. The Bertz CT molecular complexity index is 1030. The van der Waals surface area contributed by atoms with Crippen molar-refractivity contribution in [1.82, 2.24) is 14.5 Å². The number of hydrogen-bond acceptors (Lipinski definition) is 4. The van der Waals surface area contributed by atoms with Crippen molar-refractivity contribution in [2.24, 2.45) is 0 Å². The summed E-state index contributed by atoms with van der Waals surface area (Å²) in [5.41, 5.74) is 1.29. The average Bonchev–Trinajstić information content (AvgIpc) is 3.31. The maximum Gasteiger partial charge on any atom is 0.417 e. The van der Waals surface area contributed by atoms with Gasteiger partial charge in [0.25, 0.3) is 5.91 Å². The van der Waals surface area contributed by atoms with E-state index in [1.165, 1.54) is 4.90 Å². The molecule has 3 atom stereocenters. The van der Waals surface area contributed by atoms with Gasteiger partial charge in [-0.05, 0) is 31.9 Å². The summed E-state index contributed by atoms with van der Waals surface area (Å²) in [7, 11) is 0. The second kappa shape index (κ2) is 7.20. The van der Waals surface area contributed by atoms with Gasteiger partial charge in [-0.15, -0.1) is 0 Å². The molecule has 0 aliphatic carbocycles. The predicted molar refractivity (Wildman–Crippen MR) is 108 cm³/mol. The quantitative estimate of drug-likeness (QED) is 0.675. The van der Waals surface area contributed by atoms with Gasteiger partial charge in [-0.3, -0.25) is 4.79 Å². The zero-order chi connectivity index (χ0) is 20.6. The molecule has 0 saturated carbocycles. The first-order valence-electron chi connectivity index (χ1n) is 9.58. The number of rotatable bonds is 4. The first-order chi connectivity index (χ1) is 13.9. The molecular weight excluding hydrogens is 366 g/mol. The van der Waals surface area contributed by atoms with Crippen LogP contribution < -0.4 is 0 Å². The number of carbonyl (C=O) groups excluding carboxylic acids is 2. The highest BCUT2D eigenvalue weighted by molar-refractivity contribution is 5.99. The molecule has 2 amide bonds. The molecule has 2 heterocycles. The SMILES string of the molecule is Cc1cn(C(C)(C(=O)N2C(=O)OC(c3ccccc3)C2C)c2ccccc2)cn1. The molecule has 1 fully saturated rings. The van der Waals surface area contributed by atoms with Crippen LogP contribution in [0.3, 0.4) is 0 Å². The minimum absolute atomic E-state index is 0.350. The molecule has 4 rings (SSSR count). The molecule has 0 bridgehead atoms. The topological polar surface area (TPSA) is 64.4 Å². The molecule has 3 aromatic rings. The number of carbonyl (C=O) groups is 2. The van der Waals surface area contributed by atoms with Gasteiger partial charge >= 0.3 is 6.09 Å². The van der Waals surface area contributed by atoms with Crippen molar-refractivity contribution < 1.29 is 14.3 Å². The average molecular weight is 389 g/mol. The van der Waals surface area contributed by atoms with Crippen LogP contribution in [0, 0.1) is 6.92 Å². The molecule has 2 aromatic carbocycles. The van der Waals surface area contributed by atoms with Crippen molar-refractivity contribution in [1.29, 1.82) is 0 Å². The molecule has 1 aliphatic heterocycles. The highest BCUT2D eigenvalue weighted by Crippen LogP contribution is 2.37. The maximum atomic E-state index is 13.9. The smallest absolute Gasteiger partial charge is 0.417 e. The van der Waals surface area contributed by atoms with E-state index in [4.69, 9.17) is 4.74 Å². The Labute approximate surface area is 169 Å². The fourth-order valence-corrected chi connectivity index (χ4v) is 3.87. The van der Waals surface area contributed by atoms with Crippen molar-refractivity contribution in [3.63, 3.8) is 0 Å². The Balaban J connectivity index is 1.76. The van der Waals surface area contributed by atoms with E-state index in [2.05, 4.69) is 4.98 Å². The van der Waals surface area contributed by atoms with Gasteiger partial charge in [0.2, 0.25) is 0 Å². The van der Waals surface area contributed by atoms with E-state index in [1.807, 2.05) is 87.6 Å². The first-order valence-corrected chi connectivity index (χ1v) is 9.58. The van der Waals surface area contributed by atoms with Crippen molar-refractivity contribution in [2.45, 2.75) is 38.5 Å². The van der Waals surface area contributed by atoms with Crippen LogP contribution in [0.25, 0.3) is 0 Å². The minimum Gasteiger partial charge on any atom is -0.439 e. The fraction of sp³-hybridized carbons (Fsp3) is 0.261. The number of imide groups is 1. The van der Waals surface area contributed by atoms with Crippen LogP contribution in [-0.4, -0.2) is 32.5 Å². The van der Waals surface area contributed by atoms with Gasteiger partial charge in [-0.1, -0.05) is 60.7 Å². The van der Waals surface area contributed by atoms with Crippen LogP contribution in [0.1, 0.15) is 36.8 Å². The third-order valence-electron chi connectivity index (χ3n) is 5.60. The molecule has 6 nitrogen and oxygen atoms in total. The van der Waals surface area contributed by atoms with Gasteiger partial charge in [0.15, 0.2) is 0 Å². The molecule has 29 heavy (non-hydrogen) atoms. The van der Waals surface area contributed by atoms with E-state index in [9.17, 15) is 9.59 Å². The van der Waals surface area contributed by atoms with Crippen LogP contribution >= 0.6 is 0 Å². The normalized spacial score (nSPS) is 20.9. The summed E-state index contributed by atoms with van der Waals surface area (Å²) in [4.78, 5) is 32.2. The van der Waals surface area contributed by atoms with Gasteiger partial charge in [0.1, 0.15) is 11.6 Å². The lowest BCUT2D eigenvalue weighted by Crippen LogP contribution is -2.52. The summed E-state index contributed by atoms with van der Waals surface area (Å²) in [6.45, 7) is 5.51. The second-order valence-corrected chi connectivity index (χ2v) is 7.49. The first kappa shape index (κ1) is 18.9. The Hall–Kier alpha value is -3.41. The number of hydrogen-bond donors (Lipinski definition) is 0. The third kappa shape index (κ3) is 3.10. The number of cyclic esters (lactones) is 1. The van der Waals surface area contributed by atoms with Crippen molar-refractivity contribution >= 4 is 12.0 Å². The van der Waals surface area contributed by atoms with Crippen molar-refractivity contribution in [3.8, 4) is 0 Å². The van der Waals surface area contributed by atoms with Crippen LogP contribution in [0.2, 0.25) is 0 Å². The summed E-state index contributed by atoms with van der Waals surface area (Å²) in [5.74, 6) is -0.350. The fourth-order valence-electron chi connectivity index (χ4n) is 3.87.